The molecule has 2 amide bonds. The van der Waals surface area contributed by atoms with Crippen LogP contribution in [0.2, 0.25) is 0 Å². The van der Waals surface area contributed by atoms with E-state index in [2.05, 4.69) is 26.2 Å². The first kappa shape index (κ1) is 19.4. The Bertz CT molecular complexity index is 973. The van der Waals surface area contributed by atoms with Gasteiger partial charge in [-0.15, -0.1) is 5.10 Å². The summed E-state index contributed by atoms with van der Waals surface area (Å²) in [6, 6.07) is 14.2. The van der Waals surface area contributed by atoms with Crippen LogP contribution < -0.4 is 15.4 Å². The summed E-state index contributed by atoms with van der Waals surface area (Å²) in [7, 11) is 1.60. The Morgan fingerprint density at radius 3 is 2.50 bits per heavy atom. The van der Waals surface area contributed by atoms with E-state index in [9.17, 15) is 9.59 Å². The molecule has 2 N–H and O–H groups in total. The summed E-state index contributed by atoms with van der Waals surface area (Å²) < 4.78 is 6.69. The molecule has 0 atom stereocenters. The van der Waals surface area contributed by atoms with Gasteiger partial charge in [0, 0.05) is 18.3 Å². The first-order valence-corrected chi connectivity index (χ1v) is 9.27. The fourth-order valence-electron chi connectivity index (χ4n) is 2.36. The number of amides is 2. The number of hydrogen-bond donors (Lipinski definition) is 2. The van der Waals surface area contributed by atoms with Crippen LogP contribution in [0, 0.1) is 0 Å². The number of anilines is 2. The van der Waals surface area contributed by atoms with Crippen molar-refractivity contribution in [3.05, 3.63) is 48.5 Å². The molecule has 9 nitrogen and oxygen atoms in total. The molecule has 0 aliphatic carbocycles. The predicted octanol–water partition coefficient (Wildman–Crippen LogP) is 2.36. The first-order valence-electron chi connectivity index (χ1n) is 8.28. The lowest BCUT2D eigenvalue weighted by Crippen LogP contribution is -2.15. The molecule has 0 aliphatic rings. The second-order valence-corrected chi connectivity index (χ2v) is 6.61. The monoisotopic (exact) mass is 398 g/mol. The molecule has 0 fully saturated rings. The van der Waals surface area contributed by atoms with E-state index in [0.29, 0.717) is 16.5 Å². The van der Waals surface area contributed by atoms with Gasteiger partial charge in [-0.05, 0) is 52.9 Å². The van der Waals surface area contributed by atoms with E-state index in [-0.39, 0.29) is 17.6 Å². The number of methoxy groups -OCH3 is 1. The second kappa shape index (κ2) is 9.00. The van der Waals surface area contributed by atoms with Crippen LogP contribution in [0.25, 0.3) is 5.69 Å². The predicted molar refractivity (Wildman–Crippen MR) is 106 cm³/mol. The molecular weight excluding hydrogens is 380 g/mol. The summed E-state index contributed by atoms with van der Waals surface area (Å²) in [6.45, 7) is 1.43. The van der Waals surface area contributed by atoms with Gasteiger partial charge in [0.2, 0.25) is 17.0 Å². The van der Waals surface area contributed by atoms with Crippen molar-refractivity contribution in [1.82, 2.24) is 20.2 Å². The van der Waals surface area contributed by atoms with Crippen LogP contribution >= 0.6 is 11.8 Å². The Labute approximate surface area is 165 Å². The van der Waals surface area contributed by atoms with Crippen molar-refractivity contribution in [2.24, 2.45) is 0 Å². The summed E-state index contributed by atoms with van der Waals surface area (Å²) in [5.41, 5.74) is 1.96. The maximum absolute atomic E-state index is 12.3. The highest BCUT2D eigenvalue weighted by Crippen LogP contribution is 2.21. The summed E-state index contributed by atoms with van der Waals surface area (Å²) in [4.78, 5) is 23.4. The highest BCUT2D eigenvalue weighted by Gasteiger charge is 2.12. The largest absolute Gasteiger partial charge is 0.497 e. The quantitative estimate of drug-likeness (QED) is 0.588. The number of carbonyl (C=O) groups is 2. The van der Waals surface area contributed by atoms with Crippen molar-refractivity contribution < 1.29 is 14.3 Å². The van der Waals surface area contributed by atoms with Crippen molar-refractivity contribution in [1.29, 1.82) is 0 Å². The molecule has 0 aliphatic heterocycles. The number of nitrogens with one attached hydrogen (secondary N) is 2. The van der Waals surface area contributed by atoms with Gasteiger partial charge in [0.15, 0.2) is 0 Å². The van der Waals surface area contributed by atoms with Gasteiger partial charge in [0.25, 0.3) is 0 Å². The molecular formula is C18H18N6O3S. The molecule has 3 aromatic rings. The molecule has 10 heteroatoms. The van der Waals surface area contributed by atoms with Gasteiger partial charge in [-0.25, -0.2) is 0 Å². The van der Waals surface area contributed by atoms with E-state index in [4.69, 9.17) is 4.74 Å². The van der Waals surface area contributed by atoms with Gasteiger partial charge < -0.3 is 15.4 Å². The SMILES string of the molecule is COc1ccc(-n2nnnc2SCC(=O)Nc2cccc(NC(C)=O)c2)cc1. The highest BCUT2D eigenvalue weighted by molar-refractivity contribution is 7.99. The van der Waals surface area contributed by atoms with E-state index in [1.807, 2.05) is 12.1 Å². The number of hydrogen-bond acceptors (Lipinski definition) is 7. The zero-order valence-electron chi connectivity index (χ0n) is 15.2. The maximum atomic E-state index is 12.3. The fourth-order valence-corrected chi connectivity index (χ4v) is 3.05. The topological polar surface area (TPSA) is 111 Å². The Hall–Kier alpha value is -3.40. The van der Waals surface area contributed by atoms with E-state index < -0.39 is 0 Å². The molecule has 28 heavy (non-hydrogen) atoms. The molecule has 0 bridgehead atoms. The fraction of sp³-hybridized carbons (Fsp3) is 0.167. The van der Waals surface area contributed by atoms with Crippen LogP contribution in [-0.2, 0) is 9.59 Å². The van der Waals surface area contributed by atoms with Gasteiger partial charge in [-0.2, -0.15) is 4.68 Å². The third-order valence-corrected chi connectivity index (χ3v) is 4.48. The Balaban J connectivity index is 1.61. The first-order chi connectivity index (χ1) is 13.5. The third-order valence-electron chi connectivity index (χ3n) is 3.56. The summed E-state index contributed by atoms with van der Waals surface area (Å²) in [5.74, 6) is 0.464. The lowest BCUT2D eigenvalue weighted by atomic mass is 10.2. The lowest BCUT2D eigenvalue weighted by molar-refractivity contribution is -0.114. The standard InChI is InChI=1S/C18H18N6O3S/c1-12(25)19-13-4-3-5-14(10-13)20-17(26)11-28-18-21-22-23-24(18)15-6-8-16(27-2)9-7-15/h3-10H,11H2,1-2H3,(H,19,25)(H,20,26). The zero-order chi connectivity index (χ0) is 19.9. The molecule has 0 saturated heterocycles. The molecule has 1 aromatic heterocycles. The average molecular weight is 398 g/mol. The van der Waals surface area contributed by atoms with Crippen LogP contribution in [0.1, 0.15) is 6.92 Å². The number of rotatable bonds is 7. The van der Waals surface area contributed by atoms with Crippen LogP contribution in [0.15, 0.2) is 53.7 Å². The lowest BCUT2D eigenvalue weighted by Gasteiger charge is -2.08. The van der Waals surface area contributed by atoms with Crippen molar-refractivity contribution in [2.75, 3.05) is 23.5 Å². The number of aromatic nitrogens is 4. The number of thioether (sulfide) groups is 1. The smallest absolute Gasteiger partial charge is 0.234 e. The van der Waals surface area contributed by atoms with Gasteiger partial charge >= 0.3 is 0 Å². The van der Waals surface area contributed by atoms with E-state index in [0.717, 1.165) is 11.4 Å². The maximum Gasteiger partial charge on any atom is 0.234 e. The molecule has 144 valence electrons. The van der Waals surface area contributed by atoms with Crippen LogP contribution in [0.4, 0.5) is 11.4 Å². The normalized spacial score (nSPS) is 10.4. The second-order valence-electron chi connectivity index (χ2n) is 5.67. The van der Waals surface area contributed by atoms with E-state index in [1.54, 1.807) is 48.2 Å². The Morgan fingerprint density at radius 1 is 1.11 bits per heavy atom. The van der Waals surface area contributed by atoms with Crippen LogP contribution in [-0.4, -0.2) is 44.9 Å². The summed E-state index contributed by atoms with van der Waals surface area (Å²) in [5, 5.41) is 17.6. The summed E-state index contributed by atoms with van der Waals surface area (Å²) >= 11 is 1.21. The van der Waals surface area contributed by atoms with Crippen LogP contribution in [0.3, 0.4) is 0 Å². The number of tetrazole rings is 1. The highest BCUT2D eigenvalue weighted by atomic mass is 32.2. The number of carbonyl (C=O) groups excluding carboxylic acids is 2. The summed E-state index contributed by atoms with van der Waals surface area (Å²) in [6.07, 6.45) is 0. The van der Waals surface area contributed by atoms with Crippen molar-refractivity contribution in [3.8, 4) is 11.4 Å². The minimum atomic E-state index is -0.214. The Kier molecular flexibility index (Phi) is 6.22. The number of ether oxygens (including phenoxy) is 1. The molecule has 0 unspecified atom stereocenters. The average Bonchev–Trinajstić information content (AvgIpc) is 3.15. The third kappa shape index (κ3) is 5.07. The van der Waals surface area contributed by atoms with Gasteiger partial charge in [-0.1, -0.05) is 17.8 Å². The van der Waals surface area contributed by atoms with Crippen LogP contribution in [0.5, 0.6) is 5.75 Å². The minimum Gasteiger partial charge on any atom is -0.497 e. The van der Waals surface area contributed by atoms with E-state index >= 15 is 0 Å². The van der Waals surface area contributed by atoms with Crippen molar-refractivity contribution >= 4 is 35.0 Å². The van der Waals surface area contributed by atoms with Gasteiger partial charge in [0.1, 0.15) is 5.75 Å². The number of nitrogens with zero attached hydrogens (tertiary/aromatic N) is 4. The molecule has 0 spiro atoms. The molecule has 0 radical (unpaired) electrons. The zero-order valence-corrected chi connectivity index (χ0v) is 16.1. The van der Waals surface area contributed by atoms with Gasteiger partial charge in [-0.3, -0.25) is 9.59 Å². The Morgan fingerprint density at radius 2 is 1.82 bits per heavy atom. The molecule has 1 heterocycles. The molecule has 3 rings (SSSR count). The molecule has 2 aromatic carbocycles. The van der Waals surface area contributed by atoms with Gasteiger partial charge in [0.05, 0.1) is 18.6 Å². The van der Waals surface area contributed by atoms with E-state index in [1.165, 1.54) is 18.7 Å². The van der Waals surface area contributed by atoms with Crippen molar-refractivity contribution in [2.45, 2.75) is 12.1 Å². The van der Waals surface area contributed by atoms with Crippen molar-refractivity contribution in [3.63, 3.8) is 0 Å². The minimum absolute atomic E-state index is 0.126. The number of benzene rings is 2. The molecule has 0 saturated carbocycles.